The van der Waals surface area contributed by atoms with Crippen molar-refractivity contribution in [3.63, 3.8) is 0 Å². The zero-order valence-corrected chi connectivity index (χ0v) is 12.7. The molecule has 0 amide bonds. The van der Waals surface area contributed by atoms with Gasteiger partial charge in [-0.2, -0.15) is 21.4 Å². The largest absolute Gasteiger partial charge is 0.490 e. The Hall–Kier alpha value is -1.15. The molecular weight excluding hydrogens is 325 g/mol. The Balaban J connectivity index is 2.04. The van der Waals surface area contributed by atoms with Crippen LogP contribution in [0.25, 0.3) is 0 Å². The molecule has 1 aliphatic heterocycles. The number of likely N-dealkylation sites (tertiary alicyclic amines) is 1. The maximum absolute atomic E-state index is 13.5. The molecule has 2 rings (SSSR count). The van der Waals surface area contributed by atoms with Gasteiger partial charge in [0.25, 0.3) is 5.12 Å². The molecule has 124 valence electrons. The number of halogens is 5. The fraction of sp³-hybridized carbons (Fsp3) is 0.500. The molecule has 0 N–H and O–H groups in total. The molecule has 0 bridgehead atoms. The highest BCUT2D eigenvalue weighted by molar-refractivity contribution is 8.11. The molecule has 1 aromatic rings. The predicted octanol–water partition coefficient (Wildman–Crippen LogP) is 4.33. The lowest BCUT2D eigenvalue weighted by Crippen LogP contribution is -2.35. The third-order valence-corrected chi connectivity index (χ3v) is 4.61. The summed E-state index contributed by atoms with van der Waals surface area (Å²) in [6.45, 7) is 1.81. The number of hydrogen-bond acceptors (Lipinski definition) is 2. The van der Waals surface area contributed by atoms with Crippen molar-refractivity contribution in [2.75, 3.05) is 20.1 Å². The van der Waals surface area contributed by atoms with E-state index in [1.54, 1.807) is 0 Å². The number of rotatable bonds is 3. The monoisotopic (exact) mass is 341 g/mol. The molecule has 1 saturated heterocycles. The molecule has 1 aliphatic rings. The van der Waals surface area contributed by atoms with Crippen LogP contribution in [0.1, 0.15) is 12.8 Å². The first-order chi connectivity index (χ1) is 10.3. The molecule has 22 heavy (non-hydrogen) atoms. The van der Waals surface area contributed by atoms with Crippen molar-refractivity contribution >= 4 is 16.0 Å². The smallest absolute Gasteiger partial charge is 0.451 e. The second-order valence-corrected chi connectivity index (χ2v) is 6.46. The molecule has 0 spiro atoms. The first-order valence-electron chi connectivity index (χ1n) is 6.73. The van der Waals surface area contributed by atoms with Gasteiger partial charge in [0.15, 0.2) is 0 Å². The van der Waals surface area contributed by atoms with Crippen LogP contribution in [0.5, 0.6) is 5.75 Å². The lowest BCUT2D eigenvalue weighted by Gasteiger charge is -2.29. The molecule has 1 unspecified atom stereocenters. The van der Waals surface area contributed by atoms with E-state index in [0.29, 0.717) is 5.75 Å². The summed E-state index contributed by atoms with van der Waals surface area (Å²) in [5, 5.41) is -2.61. The van der Waals surface area contributed by atoms with Crippen molar-refractivity contribution in [1.29, 1.82) is 0 Å². The van der Waals surface area contributed by atoms with Gasteiger partial charge in [-0.1, -0.05) is 0 Å². The number of alkyl halides is 3. The average Bonchev–Trinajstić information content (AvgIpc) is 2.48. The van der Waals surface area contributed by atoms with Gasteiger partial charge >= 0.3 is 6.18 Å². The molecule has 2 nitrogen and oxygen atoms in total. The predicted molar refractivity (Wildman–Crippen MR) is 76.7 cm³/mol. The standard InChI is InChI=1S/C14H16F5NOS/c1-20-8-6-11(7-9-20)21-10-2-4-12(5-3-10)22(19)13(15)14(16,17)18/h2-5,11H,6-9H2,1H3. The summed E-state index contributed by atoms with van der Waals surface area (Å²) in [4.78, 5) is 1.82. The third-order valence-electron chi connectivity index (χ3n) is 3.38. The van der Waals surface area contributed by atoms with Crippen molar-refractivity contribution in [3.05, 3.63) is 24.3 Å². The van der Waals surface area contributed by atoms with Gasteiger partial charge in [-0.3, -0.25) is 0 Å². The summed E-state index contributed by atoms with van der Waals surface area (Å²) in [7, 11) is -1.09. The highest BCUT2D eigenvalue weighted by Crippen LogP contribution is 2.36. The van der Waals surface area contributed by atoms with Gasteiger partial charge in [0.2, 0.25) is 0 Å². The zero-order chi connectivity index (χ0) is 16.3. The first kappa shape index (κ1) is 17.2. The topological polar surface area (TPSA) is 12.5 Å². The lowest BCUT2D eigenvalue weighted by atomic mass is 10.1. The minimum absolute atomic E-state index is 0.0316. The van der Waals surface area contributed by atoms with Gasteiger partial charge in [-0.25, -0.2) is 0 Å². The van der Waals surface area contributed by atoms with Gasteiger partial charge < -0.3 is 9.64 Å². The van der Waals surface area contributed by atoms with Crippen molar-refractivity contribution < 1.29 is 26.2 Å². The van der Waals surface area contributed by atoms with E-state index in [-0.39, 0.29) is 11.0 Å². The number of hydrogen-bond donors (Lipinski definition) is 0. The number of nitrogens with zero attached hydrogens (tertiary/aromatic N) is 1. The molecule has 8 heteroatoms. The summed E-state index contributed by atoms with van der Waals surface area (Å²) in [6, 6.07) is 4.99. The quantitative estimate of drug-likeness (QED) is 0.461. The Morgan fingerprint density at radius 2 is 1.73 bits per heavy atom. The Morgan fingerprint density at radius 3 is 2.23 bits per heavy atom. The molecule has 1 aromatic carbocycles. The fourth-order valence-corrected chi connectivity index (χ4v) is 2.92. The van der Waals surface area contributed by atoms with Crippen molar-refractivity contribution in [2.24, 2.45) is 0 Å². The van der Waals surface area contributed by atoms with Crippen LogP contribution in [0.15, 0.2) is 29.2 Å². The van der Waals surface area contributed by atoms with Crippen LogP contribution in [0.3, 0.4) is 0 Å². The van der Waals surface area contributed by atoms with Crippen LogP contribution in [0.2, 0.25) is 0 Å². The molecule has 0 radical (unpaired) electrons. The van der Waals surface area contributed by atoms with E-state index in [9.17, 15) is 21.4 Å². The summed E-state index contributed by atoms with van der Waals surface area (Å²) in [6.07, 6.45) is -3.55. The van der Waals surface area contributed by atoms with Gasteiger partial charge in [0.05, 0.1) is 10.9 Å². The molecular formula is C14H16F5NOS. The van der Waals surface area contributed by atoms with Gasteiger partial charge in [-0.05, 0) is 44.2 Å². The molecule has 0 aromatic heterocycles. The van der Waals surface area contributed by atoms with Crippen molar-refractivity contribution in [2.45, 2.75) is 30.0 Å². The zero-order valence-electron chi connectivity index (χ0n) is 11.9. The Bertz CT molecular complexity index is 535. The summed E-state index contributed by atoms with van der Waals surface area (Å²) < 4.78 is 68.5. The van der Waals surface area contributed by atoms with E-state index in [2.05, 4.69) is 4.90 Å². The van der Waals surface area contributed by atoms with E-state index in [4.69, 9.17) is 4.74 Å². The van der Waals surface area contributed by atoms with Crippen LogP contribution in [-0.4, -0.2) is 42.4 Å². The van der Waals surface area contributed by atoms with Gasteiger partial charge in [0, 0.05) is 18.0 Å². The Labute approximate surface area is 128 Å². The molecule has 1 heterocycles. The lowest BCUT2D eigenvalue weighted by molar-refractivity contribution is -0.0644. The SMILES string of the molecule is CN1CCC(Oc2ccc(/S(F)=C(/F)C(F)(F)F)cc2)CC1. The van der Waals surface area contributed by atoms with E-state index >= 15 is 0 Å². The van der Waals surface area contributed by atoms with Crippen LogP contribution in [0, 0.1) is 0 Å². The Morgan fingerprint density at radius 1 is 1.18 bits per heavy atom. The number of benzene rings is 1. The second kappa shape index (κ2) is 6.95. The molecule has 0 saturated carbocycles. The molecule has 0 aliphatic carbocycles. The maximum Gasteiger partial charge on any atom is 0.451 e. The van der Waals surface area contributed by atoms with Crippen molar-refractivity contribution in [1.82, 2.24) is 4.90 Å². The number of ether oxygens (including phenoxy) is 1. The number of piperidine rings is 1. The van der Waals surface area contributed by atoms with E-state index in [1.165, 1.54) is 12.1 Å². The normalized spacial score (nSPS) is 19.8. The maximum atomic E-state index is 13.5. The third kappa shape index (κ3) is 4.42. The summed E-state index contributed by atoms with van der Waals surface area (Å²) >= 11 is 0. The van der Waals surface area contributed by atoms with E-state index in [1.807, 2.05) is 7.05 Å². The van der Waals surface area contributed by atoms with Crippen LogP contribution in [0.4, 0.5) is 21.4 Å². The fourth-order valence-electron chi connectivity index (χ4n) is 2.14. The minimum atomic E-state index is -5.28. The Kier molecular flexibility index (Phi) is 5.44. The van der Waals surface area contributed by atoms with Crippen LogP contribution < -0.4 is 4.74 Å². The highest BCUT2D eigenvalue weighted by atomic mass is 32.2. The minimum Gasteiger partial charge on any atom is -0.490 e. The van der Waals surface area contributed by atoms with Gasteiger partial charge in [0.1, 0.15) is 11.9 Å². The molecule has 1 fully saturated rings. The summed E-state index contributed by atoms with van der Waals surface area (Å²) in [5.74, 6) is 0.447. The molecule has 1 atom stereocenters. The average molecular weight is 341 g/mol. The second-order valence-electron chi connectivity index (χ2n) is 5.12. The van der Waals surface area contributed by atoms with Crippen molar-refractivity contribution in [3.8, 4) is 5.75 Å². The summed E-state index contributed by atoms with van der Waals surface area (Å²) in [5.41, 5.74) is 0. The van der Waals surface area contributed by atoms with Gasteiger partial charge in [-0.15, -0.1) is 0 Å². The van der Waals surface area contributed by atoms with E-state index < -0.39 is 22.2 Å². The van der Waals surface area contributed by atoms with Crippen LogP contribution in [-0.2, 0) is 0 Å². The van der Waals surface area contributed by atoms with Crippen LogP contribution >= 0.6 is 10.9 Å². The van der Waals surface area contributed by atoms with E-state index in [0.717, 1.165) is 38.1 Å². The highest BCUT2D eigenvalue weighted by Gasteiger charge is 2.38. The first-order valence-corrected chi connectivity index (χ1v) is 7.85.